The Hall–Kier alpha value is 0.470. The fourth-order valence-corrected chi connectivity index (χ4v) is 2.66. The average Bonchev–Trinajstić information content (AvgIpc) is 2.28. The molecule has 1 atom stereocenters. The van der Waals surface area contributed by atoms with Gasteiger partial charge in [0.1, 0.15) is 4.71 Å². The van der Waals surface area contributed by atoms with Crippen molar-refractivity contribution in [3.63, 3.8) is 0 Å². The Balaban J connectivity index is 2.50. The fourth-order valence-electron chi connectivity index (χ4n) is 1.17. The van der Waals surface area contributed by atoms with Crippen molar-refractivity contribution < 1.29 is 0 Å². The van der Waals surface area contributed by atoms with Crippen molar-refractivity contribution in [2.75, 3.05) is 5.75 Å². The van der Waals surface area contributed by atoms with Crippen LogP contribution in [0.3, 0.4) is 0 Å². The van der Waals surface area contributed by atoms with Crippen molar-refractivity contribution in [2.24, 2.45) is 0 Å². The van der Waals surface area contributed by atoms with Crippen LogP contribution in [0.1, 0.15) is 12.5 Å². The van der Waals surface area contributed by atoms with Crippen LogP contribution in [0.15, 0.2) is 36.4 Å². The van der Waals surface area contributed by atoms with Gasteiger partial charge < -0.3 is 0 Å². The molecule has 17 heavy (non-hydrogen) atoms. The van der Waals surface area contributed by atoms with Crippen molar-refractivity contribution in [2.45, 2.75) is 15.4 Å². The van der Waals surface area contributed by atoms with Gasteiger partial charge in [-0.15, -0.1) is 23.4 Å². The Morgan fingerprint density at radius 1 is 1.29 bits per heavy atom. The number of allylic oxidation sites excluding steroid dienone is 1. The zero-order valence-corrected chi connectivity index (χ0v) is 13.0. The van der Waals surface area contributed by atoms with E-state index in [1.165, 1.54) is 22.9 Å². The standard InChI is InChI=1S/C12H12Cl4S/c1-9(10-5-3-2-4-6-10)7-8-17-11(13)12(14,15)16/h2-7,11H,8H2,1H3/b9-7+. The van der Waals surface area contributed by atoms with Gasteiger partial charge in [0.25, 0.3) is 0 Å². The van der Waals surface area contributed by atoms with Crippen molar-refractivity contribution >= 4 is 63.7 Å². The number of hydrogen-bond acceptors (Lipinski definition) is 1. The molecule has 1 unspecified atom stereocenters. The molecule has 0 amide bonds. The maximum Gasteiger partial charge on any atom is 0.215 e. The summed E-state index contributed by atoms with van der Waals surface area (Å²) in [6.07, 6.45) is 2.08. The lowest BCUT2D eigenvalue weighted by molar-refractivity contribution is 1.20. The summed E-state index contributed by atoms with van der Waals surface area (Å²) in [4.78, 5) is 0. The Kier molecular flexibility index (Phi) is 6.54. The summed E-state index contributed by atoms with van der Waals surface area (Å²) < 4.78 is -1.98. The number of alkyl halides is 4. The summed E-state index contributed by atoms with van der Waals surface area (Å²) >= 11 is 24.3. The number of hydrogen-bond donors (Lipinski definition) is 0. The Bertz CT molecular complexity index is 370. The molecule has 0 aliphatic carbocycles. The van der Waals surface area contributed by atoms with Gasteiger partial charge in [-0.05, 0) is 18.1 Å². The van der Waals surface area contributed by atoms with Crippen LogP contribution in [-0.2, 0) is 0 Å². The lowest BCUT2D eigenvalue weighted by atomic mass is 10.1. The first kappa shape index (κ1) is 15.5. The molecule has 1 aromatic carbocycles. The highest BCUT2D eigenvalue weighted by Crippen LogP contribution is 2.40. The number of rotatable bonds is 4. The van der Waals surface area contributed by atoms with E-state index in [0.29, 0.717) is 5.75 Å². The minimum atomic E-state index is -1.43. The summed E-state index contributed by atoms with van der Waals surface area (Å²) in [5, 5.41) is 0. The maximum atomic E-state index is 5.92. The van der Waals surface area contributed by atoms with E-state index >= 15 is 0 Å². The number of thioether (sulfide) groups is 1. The summed E-state index contributed by atoms with van der Waals surface area (Å²) in [7, 11) is 0. The SMILES string of the molecule is C/C(=C\CSC(Cl)C(Cl)(Cl)Cl)c1ccccc1. The third kappa shape index (κ3) is 5.76. The van der Waals surface area contributed by atoms with Crippen LogP contribution in [0.4, 0.5) is 0 Å². The predicted molar refractivity (Wildman–Crippen MR) is 82.5 cm³/mol. The van der Waals surface area contributed by atoms with Gasteiger partial charge in [-0.3, -0.25) is 0 Å². The van der Waals surface area contributed by atoms with Crippen molar-refractivity contribution in [3.8, 4) is 0 Å². The summed E-state index contributed by atoms with van der Waals surface area (Å²) in [6.45, 7) is 2.05. The smallest absolute Gasteiger partial charge is 0.134 e. The molecule has 1 rings (SSSR count). The van der Waals surface area contributed by atoms with Crippen molar-refractivity contribution in [1.29, 1.82) is 0 Å². The second-order valence-corrected chi connectivity index (χ2v) is 7.65. The maximum absolute atomic E-state index is 5.92. The molecule has 0 radical (unpaired) electrons. The molecule has 0 N–H and O–H groups in total. The molecule has 5 heteroatoms. The molecule has 0 heterocycles. The highest BCUT2D eigenvalue weighted by Gasteiger charge is 2.30. The molecular weight excluding hydrogens is 318 g/mol. The molecule has 0 bridgehead atoms. The van der Waals surface area contributed by atoms with Gasteiger partial charge in [0.05, 0.1) is 0 Å². The molecule has 0 aliphatic heterocycles. The molecule has 0 saturated carbocycles. The average molecular weight is 330 g/mol. The van der Waals surface area contributed by atoms with Crippen LogP contribution >= 0.6 is 58.2 Å². The minimum absolute atomic E-state index is 0.549. The van der Waals surface area contributed by atoms with Crippen LogP contribution in [-0.4, -0.2) is 14.3 Å². The van der Waals surface area contributed by atoms with Gasteiger partial charge in [0, 0.05) is 5.75 Å². The van der Waals surface area contributed by atoms with Gasteiger partial charge >= 0.3 is 0 Å². The van der Waals surface area contributed by atoms with Gasteiger partial charge in [-0.1, -0.05) is 71.2 Å². The lowest BCUT2D eigenvalue weighted by Gasteiger charge is -2.16. The Morgan fingerprint density at radius 3 is 2.41 bits per heavy atom. The third-order valence-electron chi connectivity index (χ3n) is 2.12. The summed E-state index contributed by atoms with van der Waals surface area (Å²) in [5.41, 5.74) is 2.37. The summed E-state index contributed by atoms with van der Waals surface area (Å²) in [5.74, 6) is 0.711. The summed E-state index contributed by atoms with van der Waals surface area (Å²) in [6, 6.07) is 10.1. The number of halogens is 4. The molecule has 0 saturated heterocycles. The Morgan fingerprint density at radius 2 is 1.88 bits per heavy atom. The molecule has 94 valence electrons. The zero-order valence-electron chi connectivity index (χ0n) is 9.17. The lowest BCUT2D eigenvalue weighted by Crippen LogP contribution is -2.15. The Labute approximate surface area is 126 Å². The molecule has 0 spiro atoms. The van der Waals surface area contributed by atoms with E-state index in [-0.39, 0.29) is 0 Å². The molecule has 0 nitrogen and oxygen atoms in total. The highest BCUT2D eigenvalue weighted by molar-refractivity contribution is 8.01. The van der Waals surface area contributed by atoms with Crippen LogP contribution in [0.25, 0.3) is 5.57 Å². The van der Waals surface area contributed by atoms with E-state index in [0.717, 1.165) is 0 Å². The van der Waals surface area contributed by atoms with Crippen molar-refractivity contribution in [3.05, 3.63) is 42.0 Å². The van der Waals surface area contributed by atoms with E-state index in [2.05, 4.69) is 25.1 Å². The quantitative estimate of drug-likeness (QED) is 0.633. The monoisotopic (exact) mass is 328 g/mol. The second kappa shape index (κ2) is 7.16. The second-order valence-electron chi connectivity index (χ2n) is 3.44. The fraction of sp³-hybridized carbons (Fsp3) is 0.333. The molecular formula is C12H12Cl4S. The highest BCUT2D eigenvalue weighted by atomic mass is 35.6. The molecule has 0 fully saturated rings. The largest absolute Gasteiger partial charge is 0.215 e. The van der Waals surface area contributed by atoms with E-state index < -0.39 is 8.50 Å². The van der Waals surface area contributed by atoms with E-state index in [9.17, 15) is 0 Å². The minimum Gasteiger partial charge on any atom is -0.134 e. The molecule has 0 aromatic heterocycles. The molecule has 0 aliphatic rings. The van der Waals surface area contributed by atoms with Crippen LogP contribution in [0.5, 0.6) is 0 Å². The van der Waals surface area contributed by atoms with Crippen LogP contribution < -0.4 is 0 Å². The van der Waals surface area contributed by atoms with Gasteiger partial charge in [-0.25, -0.2) is 0 Å². The van der Waals surface area contributed by atoms with Gasteiger partial charge in [-0.2, -0.15) is 0 Å². The van der Waals surface area contributed by atoms with E-state index in [4.69, 9.17) is 46.4 Å². The van der Waals surface area contributed by atoms with E-state index in [1.54, 1.807) is 0 Å². The van der Waals surface area contributed by atoms with Crippen LogP contribution in [0.2, 0.25) is 0 Å². The zero-order chi connectivity index (χ0) is 12.9. The first-order valence-corrected chi connectivity index (χ1v) is 7.57. The number of benzene rings is 1. The first-order valence-electron chi connectivity index (χ1n) is 4.96. The van der Waals surface area contributed by atoms with E-state index in [1.807, 2.05) is 18.2 Å². The predicted octanol–water partition coefficient (Wildman–Crippen LogP) is 5.76. The normalized spacial score (nSPS) is 14.8. The van der Waals surface area contributed by atoms with Gasteiger partial charge in [0.2, 0.25) is 3.79 Å². The molecule has 1 aromatic rings. The third-order valence-corrected chi connectivity index (χ3v) is 5.21. The van der Waals surface area contributed by atoms with Crippen LogP contribution in [0, 0.1) is 0 Å². The van der Waals surface area contributed by atoms with Gasteiger partial charge in [0.15, 0.2) is 0 Å². The topological polar surface area (TPSA) is 0 Å². The van der Waals surface area contributed by atoms with Crippen molar-refractivity contribution in [1.82, 2.24) is 0 Å². The first-order chi connectivity index (χ1) is 7.91.